The Hall–Kier alpha value is -0.430. The normalized spacial score (nSPS) is 18.3. The molecule has 0 bridgehead atoms. The molecule has 1 aliphatic carbocycles. The monoisotopic (exact) mass is 332 g/mol. The van der Waals surface area contributed by atoms with Crippen molar-refractivity contribution in [3.05, 3.63) is 28.7 Å². The van der Waals surface area contributed by atoms with Gasteiger partial charge in [0.1, 0.15) is 0 Å². The highest BCUT2D eigenvalue weighted by Gasteiger charge is 2.36. The van der Waals surface area contributed by atoms with Crippen molar-refractivity contribution in [2.75, 3.05) is 13.1 Å². The largest absolute Gasteiger partial charge is 0.330 e. The van der Waals surface area contributed by atoms with Gasteiger partial charge in [0.15, 0.2) is 0 Å². The lowest BCUT2D eigenvalue weighted by Crippen LogP contribution is -2.46. The van der Waals surface area contributed by atoms with Gasteiger partial charge >= 0.3 is 0 Å². The van der Waals surface area contributed by atoms with Crippen LogP contribution in [0.2, 0.25) is 0 Å². The van der Waals surface area contributed by atoms with Gasteiger partial charge in [-0.1, -0.05) is 18.6 Å². The van der Waals surface area contributed by atoms with E-state index < -0.39 is 10.0 Å². The first-order valence-corrected chi connectivity index (χ1v) is 8.21. The summed E-state index contributed by atoms with van der Waals surface area (Å²) in [7, 11) is -3.46. The molecule has 1 saturated carbocycles. The minimum atomic E-state index is -3.46. The maximum absolute atomic E-state index is 12.2. The molecule has 0 aliphatic heterocycles. The fourth-order valence-electron chi connectivity index (χ4n) is 2.12. The Morgan fingerprint density at radius 2 is 2.00 bits per heavy atom. The number of benzene rings is 1. The van der Waals surface area contributed by atoms with E-state index in [9.17, 15) is 8.42 Å². The Labute approximate surface area is 116 Å². The van der Waals surface area contributed by atoms with Crippen molar-refractivity contribution in [3.8, 4) is 0 Å². The Kier molecular flexibility index (Phi) is 4.11. The van der Waals surface area contributed by atoms with Gasteiger partial charge in [0.2, 0.25) is 10.0 Å². The zero-order chi connectivity index (χ0) is 13.2. The van der Waals surface area contributed by atoms with Crippen molar-refractivity contribution >= 4 is 26.0 Å². The minimum absolute atomic E-state index is 0.0334. The van der Waals surface area contributed by atoms with Gasteiger partial charge in [-0.25, -0.2) is 13.1 Å². The zero-order valence-electron chi connectivity index (χ0n) is 10.0. The van der Waals surface area contributed by atoms with Crippen molar-refractivity contribution in [2.24, 2.45) is 11.1 Å². The zero-order valence-corrected chi connectivity index (χ0v) is 12.4. The third-order valence-electron chi connectivity index (χ3n) is 3.61. The summed E-state index contributed by atoms with van der Waals surface area (Å²) in [6, 6.07) is 6.80. The van der Waals surface area contributed by atoms with Crippen molar-refractivity contribution in [1.82, 2.24) is 4.72 Å². The summed E-state index contributed by atoms with van der Waals surface area (Å²) in [6.07, 6.45) is 3.14. The second kappa shape index (κ2) is 5.28. The Morgan fingerprint density at radius 1 is 1.33 bits per heavy atom. The van der Waals surface area contributed by atoms with E-state index in [-0.39, 0.29) is 10.3 Å². The molecule has 1 aromatic rings. The van der Waals surface area contributed by atoms with Crippen LogP contribution < -0.4 is 10.5 Å². The molecule has 3 N–H and O–H groups in total. The first-order valence-electron chi connectivity index (χ1n) is 5.93. The van der Waals surface area contributed by atoms with Crippen molar-refractivity contribution in [3.63, 3.8) is 0 Å². The summed E-state index contributed by atoms with van der Waals surface area (Å²) in [5.74, 6) is 0. The van der Waals surface area contributed by atoms with Crippen LogP contribution in [0.1, 0.15) is 19.3 Å². The maximum atomic E-state index is 12.2. The van der Waals surface area contributed by atoms with Crippen LogP contribution >= 0.6 is 15.9 Å². The molecule has 0 spiro atoms. The van der Waals surface area contributed by atoms with Crippen LogP contribution in [0.25, 0.3) is 0 Å². The van der Waals surface area contributed by atoms with Gasteiger partial charge in [-0.3, -0.25) is 0 Å². The Morgan fingerprint density at radius 3 is 2.50 bits per heavy atom. The van der Waals surface area contributed by atoms with Crippen LogP contribution in [0.5, 0.6) is 0 Å². The SMILES string of the molecule is NCC1(CNS(=O)(=O)c2ccccc2Br)CCC1. The highest BCUT2D eigenvalue weighted by Crippen LogP contribution is 2.39. The molecule has 1 fully saturated rings. The van der Waals surface area contributed by atoms with E-state index in [1.807, 2.05) is 0 Å². The van der Waals surface area contributed by atoms with Crippen molar-refractivity contribution in [1.29, 1.82) is 0 Å². The van der Waals surface area contributed by atoms with Gasteiger partial charge in [0, 0.05) is 11.0 Å². The second-order valence-corrected chi connectivity index (χ2v) is 7.40. The number of halogens is 1. The van der Waals surface area contributed by atoms with Crippen molar-refractivity contribution < 1.29 is 8.42 Å². The summed E-state index contributed by atoms with van der Waals surface area (Å²) in [5, 5.41) is 0. The maximum Gasteiger partial charge on any atom is 0.241 e. The van der Waals surface area contributed by atoms with E-state index in [4.69, 9.17) is 5.73 Å². The molecule has 0 unspecified atom stereocenters. The third kappa shape index (κ3) is 2.77. The molecule has 0 amide bonds. The standard InChI is InChI=1S/C12H17BrN2O2S/c13-10-4-1-2-5-11(10)18(16,17)15-9-12(8-14)6-3-7-12/h1-2,4-5,15H,3,6-9,14H2. The van der Waals surface area contributed by atoms with Gasteiger partial charge < -0.3 is 5.73 Å². The van der Waals surface area contributed by atoms with Crippen LogP contribution in [0, 0.1) is 5.41 Å². The van der Waals surface area contributed by atoms with Gasteiger partial charge in [-0.05, 0) is 52.9 Å². The topological polar surface area (TPSA) is 72.2 Å². The minimum Gasteiger partial charge on any atom is -0.330 e. The number of rotatable bonds is 5. The molecule has 18 heavy (non-hydrogen) atoms. The smallest absolute Gasteiger partial charge is 0.241 e. The molecule has 1 aromatic carbocycles. The third-order valence-corrected chi connectivity index (χ3v) is 6.02. The van der Waals surface area contributed by atoms with Crippen molar-refractivity contribution in [2.45, 2.75) is 24.2 Å². The lowest BCUT2D eigenvalue weighted by Gasteiger charge is -2.40. The summed E-state index contributed by atoms with van der Waals surface area (Å²) in [4.78, 5) is 0.275. The van der Waals surface area contributed by atoms with Gasteiger partial charge in [-0.2, -0.15) is 0 Å². The predicted octanol–water partition coefficient (Wildman–Crippen LogP) is 1.86. The summed E-state index contributed by atoms with van der Waals surface area (Å²) < 4.78 is 27.6. The summed E-state index contributed by atoms with van der Waals surface area (Å²) in [5.41, 5.74) is 5.69. The van der Waals surface area contributed by atoms with E-state index in [0.717, 1.165) is 19.3 Å². The van der Waals surface area contributed by atoms with E-state index in [2.05, 4.69) is 20.7 Å². The van der Waals surface area contributed by atoms with Gasteiger partial charge in [0.25, 0.3) is 0 Å². The van der Waals surface area contributed by atoms with E-state index >= 15 is 0 Å². The molecule has 0 atom stereocenters. The van der Waals surface area contributed by atoms with E-state index in [1.54, 1.807) is 24.3 Å². The summed E-state index contributed by atoms with van der Waals surface area (Å²) >= 11 is 3.26. The molecule has 6 heteroatoms. The first-order chi connectivity index (χ1) is 8.49. The van der Waals surface area contributed by atoms with Gasteiger partial charge in [-0.15, -0.1) is 0 Å². The molecule has 100 valence electrons. The second-order valence-electron chi connectivity index (χ2n) is 4.81. The quantitative estimate of drug-likeness (QED) is 0.864. The molecular weight excluding hydrogens is 316 g/mol. The number of nitrogens with two attached hydrogens (primary N) is 1. The molecule has 1 aliphatic rings. The molecule has 2 rings (SSSR count). The van der Waals surface area contributed by atoms with Crippen LogP contribution in [0.15, 0.2) is 33.6 Å². The van der Waals surface area contributed by atoms with E-state index in [1.165, 1.54) is 0 Å². The van der Waals surface area contributed by atoms with Crippen LogP contribution in [0.4, 0.5) is 0 Å². The molecule has 0 radical (unpaired) electrons. The van der Waals surface area contributed by atoms with Crippen LogP contribution in [-0.4, -0.2) is 21.5 Å². The Bertz CT molecular complexity index is 521. The lowest BCUT2D eigenvalue weighted by molar-refractivity contribution is 0.150. The molecule has 0 heterocycles. The van der Waals surface area contributed by atoms with E-state index in [0.29, 0.717) is 17.6 Å². The Balaban J connectivity index is 2.11. The predicted molar refractivity (Wildman–Crippen MR) is 74.7 cm³/mol. The highest BCUT2D eigenvalue weighted by molar-refractivity contribution is 9.10. The molecule has 4 nitrogen and oxygen atoms in total. The average molecular weight is 333 g/mol. The molecule has 0 aromatic heterocycles. The highest BCUT2D eigenvalue weighted by atomic mass is 79.9. The number of nitrogens with one attached hydrogen (secondary N) is 1. The molecular formula is C12H17BrN2O2S. The lowest BCUT2D eigenvalue weighted by atomic mass is 9.69. The number of sulfonamides is 1. The van der Waals surface area contributed by atoms with Crippen LogP contribution in [-0.2, 0) is 10.0 Å². The fraction of sp³-hybridized carbons (Fsp3) is 0.500. The number of hydrogen-bond donors (Lipinski definition) is 2. The summed E-state index contributed by atoms with van der Waals surface area (Å²) in [6.45, 7) is 0.957. The number of hydrogen-bond acceptors (Lipinski definition) is 3. The fourth-order valence-corrected chi connectivity index (χ4v) is 4.28. The first kappa shape index (κ1) is 14.0. The molecule has 0 saturated heterocycles. The van der Waals surface area contributed by atoms with Crippen LogP contribution in [0.3, 0.4) is 0 Å². The van der Waals surface area contributed by atoms with Gasteiger partial charge in [0.05, 0.1) is 4.90 Å². The average Bonchev–Trinajstić information content (AvgIpc) is 2.28.